The number of amides is 2. The second kappa shape index (κ2) is 7.05. The Hall–Kier alpha value is -2.55. The molecule has 2 saturated heterocycles. The van der Waals surface area contributed by atoms with E-state index in [0.29, 0.717) is 42.8 Å². The van der Waals surface area contributed by atoms with E-state index < -0.39 is 17.8 Å². The summed E-state index contributed by atoms with van der Waals surface area (Å²) >= 11 is 0. The second-order valence-corrected chi connectivity index (χ2v) is 8.89. The molecule has 3 aliphatic rings. The molecule has 2 amide bonds. The second-order valence-electron chi connectivity index (χ2n) is 8.89. The normalized spacial score (nSPS) is 28.2. The lowest BCUT2D eigenvalue weighted by molar-refractivity contribution is 0.0518. The zero-order chi connectivity index (χ0) is 20.9. The van der Waals surface area contributed by atoms with Crippen molar-refractivity contribution in [2.75, 3.05) is 36.0 Å². The van der Waals surface area contributed by atoms with Gasteiger partial charge in [-0.1, -0.05) is 0 Å². The van der Waals surface area contributed by atoms with Crippen LogP contribution >= 0.6 is 0 Å². The van der Waals surface area contributed by atoms with Gasteiger partial charge in [0.15, 0.2) is 0 Å². The van der Waals surface area contributed by atoms with Crippen molar-refractivity contribution in [3.63, 3.8) is 0 Å². The van der Waals surface area contributed by atoms with Gasteiger partial charge in [-0.25, -0.2) is 14.0 Å². The summed E-state index contributed by atoms with van der Waals surface area (Å²) in [6.07, 6.45) is -1.29. The van der Waals surface area contributed by atoms with Crippen molar-refractivity contribution in [1.29, 1.82) is 0 Å². The SMILES string of the molecule is CC(C)(C)OC(=O)NC1C2CN(c3ccc(N4C[C@H](CN)OC4=O)cc3F)CC21. The minimum atomic E-state index is -0.531. The first-order valence-corrected chi connectivity index (χ1v) is 9.88. The molecule has 3 N–H and O–H groups in total. The van der Waals surface area contributed by atoms with Gasteiger partial charge >= 0.3 is 12.2 Å². The average Bonchev–Trinajstić information content (AvgIpc) is 2.98. The number of carbonyl (C=O) groups is 2. The molecule has 0 spiro atoms. The number of anilines is 2. The van der Waals surface area contributed by atoms with Crippen LogP contribution in [0.3, 0.4) is 0 Å². The van der Waals surface area contributed by atoms with Crippen molar-refractivity contribution in [2.45, 2.75) is 38.5 Å². The van der Waals surface area contributed by atoms with Crippen molar-refractivity contribution < 1.29 is 23.5 Å². The molecule has 9 heteroatoms. The molecule has 1 aromatic carbocycles. The van der Waals surface area contributed by atoms with Crippen LogP contribution in [0.15, 0.2) is 18.2 Å². The van der Waals surface area contributed by atoms with Crippen molar-refractivity contribution >= 4 is 23.6 Å². The average molecular weight is 406 g/mol. The number of nitrogens with two attached hydrogens (primary N) is 1. The van der Waals surface area contributed by atoms with Gasteiger partial charge in [0.05, 0.1) is 17.9 Å². The van der Waals surface area contributed by atoms with E-state index in [4.69, 9.17) is 15.2 Å². The first-order chi connectivity index (χ1) is 13.7. The summed E-state index contributed by atoms with van der Waals surface area (Å²) in [6, 6.07) is 4.85. The molecule has 2 heterocycles. The highest BCUT2D eigenvalue weighted by Crippen LogP contribution is 2.47. The number of carbonyl (C=O) groups excluding carboxylic acids is 2. The van der Waals surface area contributed by atoms with E-state index in [1.165, 1.54) is 11.0 Å². The number of rotatable bonds is 4. The number of nitrogens with zero attached hydrogens (tertiary/aromatic N) is 2. The van der Waals surface area contributed by atoms with Crippen molar-refractivity contribution in [2.24, 2.45) is 17.6 Å². The Bertz CT molecular complexity index is 815. The van der Waals surface area contributed by atoms with Gasteiger partial charge in [-0.3, -0.25) is 4.90 Å². The molecule has 8 nitrogen and oxygen atoms in total. The number of cyclic esters (lactones) is 1. The third-order valence-corrected chi connectivity index (χ3v) is 5.60. The Morgan fingerprint density at radius 1 is 1.31 bits per heavy atom. The van der Waals surface area contributed by atoms with E-state index in [0.717, 1.165) is 0 Å². The maximum Gasteiger partial charge on any atom is 0.414 e. The molecule has 3 atom stereocenters. The van der Waals surface area contributed by atoms with Crippen LogP contribution in [0.4, 0.5) is 25.4 Å². The number of halogens is 1. The van der Waals surface area contributed by atoms with Gasteiger partial charge in [0.1, 0.15) is 17.5 Å². The molecule has 1 saturated carbocycles. The molecule has 2 unspecified atom stereocenters. The van der Waals surface area contributed by atoms with Gasteiger partial charge < -0.3 is 25.4 Å². The lowest BCUT2D eigenvalue weighted by Crippen LogP contribution is -2.38. The third-order valence-electron chi connectivity index (χ3n) is 5.60. The monoisotopic (exact) mass is 406 g/mol. The van der Waals surface area contributed by atoms with Crippen LogP contribution in [0.2, 0.25) is 0 Å². The molecular formula is C20H27FN4O4. The Kier molecular flexibility index (Phi) is 4.80. The molecular weight excluding hydrogens is 379 g/mol. The van der Waals surface area contributed by atoms with Crippen LogP contribution in [0.5, 0.6) is 0 Å². The quantitative estimate of drug-likeness (QED) is 0.795. The van der Waals surface area contributed by atoms with E-state index in [9.17, 15) is 14.0 Å². The fourth-order valence-corrected chi connectivity index (χ4v) is 4.16. The molecule has 0 bridgehead atoms. The van der Waals surface area contributed by atoms with E-state index >= 15 is 0 Å². The van der Waals surface area contributed by atoms with Crippen LogP contribution in [0, 0.1) is 17.7 Å². The molecule has 2 aliphatic heterocycles. The topological polar surface area (TPSA) is 97.1 Å². The maximum atomic E-state index is 14.8. The molecule has 29 heavy (non-hydrogen) atoms. The first-order valence-electron chi connectivity index (χ1n) is 9.88. The van der Waals surface area contributed by atoms with Gasteiger partial charge in [0.2, 0.25) is 0 Å². The van der Waals surface area contributed by atoms with Gasteiger partial charge in [-0.05, 0) is 39.0 Å². The minimum Gasteiger partial charge on any atom is -0.444 e. The highest BCUT2D eigenvalue weighted by Gasteiger charge is 2.57. The van der Waals surface area contributed by atoms with Gasteiger partial charge in [0.25, 0.3) is 0 Å². The number of hydrogen-bond donors (Lipinski definition) is 2. The summed E-state index contributed by atoms with van der Waals surface area (Å²) in [4.78, 5) is 27.2. The molecule has 4 rings (SSSR count). The smallest absolute Gasteiger partial charge is 0.414 e. The summed E-state index contributed by atoms with van der Waals surface area (Å²) in [5.41, 5.74) is 5.97. The standard InChI is InChI=1S/C20H27FN4O4/c1-20(2,3)29-18(26)23-17-13-9-24(10-14(13)17)16-5-4-11(6-15(16)21)25-8-12(7-22)28-19(25)27/h4-6,12-14,17H,7-10,22H2,1-3H3,(H,23,26)/t12-,13?,14?,17?/m0/s1. The number of nitrogens with one attached hydrogen (secondary N) is 1. The predicted molar refractivity (Wildman–Crippen MR) is 105 cm³/mol. The number of benzene rings is 1. The number of alkyl carbamates (subject to hydrolysis) is 1. The number of ether oxygens (including phenoxy) is 2. The molecule has 3 fully saturated rings. The lowest BCUT2D eigenvalue weighted by atomic mass is 10.2. The minimum absolute atomic E-state index is 0.0796. The van der Waals surface area contributed by atoms with Crippen LogP contribution in [-0.4, -0.2) is 56.1 Å². The van der Waals surface area contributed by atoms with Gasteiger partial charge in [-0.15, -0.1) is 0 Å². The molecule has 1 aliphatic carbocycles. The molecule has 0 radical (unpaired) electrons. The highest BCUT2D eigenvalue weighted by molar-refractivity contribution is 5.90. The van der Waals surface area contributed by atoms with E-state index in [2.05, 4.69) is 5.32 Å². The molecule has 1 aromatic rings. The number of piperidine rings is 1. The Balaban J connectivity index is 1.35. The number of fused-ring (bicyclic) bond motifs is 1. The fraction of sp³-hybridized carbons (Fsp3) is 0.600. The molecule has 158 valence electrons. The Morgan fingerprint density at radius 2 is 2.00 bits per heavy atom. The third kappa shape index (κ3) is 3.96. The summed E-state index contributed by atoms with van der Waals surface area (Å²) in [5, 5.41) is 2.91. The van der Waals surface area contributed by atoms with Crippen LogP contribution in [0.1, 0.15) is 20.8 Å². The maximum absolute atomic E-state index is 14.8. The Morgan fingerprint density at radius 3 is 2.55 bits per heavy atom. The molecule has 0 aromatic heterocycles. The fourth-order valence-electron chi connectivity index (χ4n) is 4.16. The summed E-state index contributed by atoms with van der Waals surface area (Å²) in [7, 11) is 0. The summed E-state index contributed by atoms with van der Waals surface area (Å²) in [5.74, 6) is 0.199. The summed E-state index contributed by atoms with van der Waals surface area (Å²) in [6.45, 7) is 7.37. The van der Waals surface area contributed by atoms with Gasteiger partial charge in [0, 0.05) is 37.5 Å². The number of hydrogen-bond acceptors (Lipinski definition) is 6. The van der Waals surface area contributed by atoms with Crippen LogP contribution < -0.4 is 20.9 Å². The van der Waals surface area contributed by atoms with E-state index in [-0.39, 0.29) is 24.5 Å². The van der Waals surface area contributed by atoms with Gasteiger partial charge in [-0.2, -0.15) is 0 Å². The van der Waals surface area contributed by atoms with Crippen molar-refractivity contribution in [1.82, 2.24) is 5.32 Å². The highest BCUT2D eigenvalue weighted by atomic mass is 19.1. The van der Waals surface area contributed by atoms with Crippen LogP contribution in [-0.2, 0) is 9.47 Å². The first kappa shape index (κ1) is 19.8. The van der Waals surface area contributed by atoms with Crippen molar-refractivity contribution in [3.8, 4) is 0 Å². The van der Waals surface area contributed by atoms with E-state index in [1.54, 1.807) is 12.1 Å². The van der Waals surface area contributed by atoms with E-state index in [1.807, 2.05) is 25.7 Å². The summed E-state index contributed by atoms with van der Waals surface area (Å²) < 4.78 is 25.2. The van der Waals surface area contributed by atoms with Crippen molar-refractivity contribution in [3.05, 3.63) is 24.0 Å². The van der Waals surface area contributed by atoms with Crippen LogP contribution in [0.25, 0.3) is 0 Å². The largest absolute Gasteiger partial charge is 0.444 e. The predicted octanol–water partition coefficient (Wildman–Crippen LogP) is 2.07. The zero-order valence-electron chi connectivity index (χ0n) is 16.9. The Labute approximate surface area is 169 Å². The lowest BCUT2D eigenvalue weighted by Gasteiger charge is -2.25. The zero-order valence-corrected chi connectivity index (χ0v) is 16.9.